The van der Waals surface area contributed by atoms with Crippen molar-refractivity contribution in [2.45, 2.75) is 19.8 Å². The molecular weight excluding hydrogens is 224 g/mol. The quantitative estimate of drug-likeness (QED) is 0.741. The zero-order valence-electron chi connectivity index (χ0n) is 10.1. The molecule has 0 heterocycles. The highest BCUT2D eigenvalue weighted by atomic mass is 16.1. The molecule has 2 rings (SSSR count). The second kappa shape index (κ2) is 4.85. The molecule has 3 heteroatoms. The molecule has 1 aromatic carbocycles. The fraction of sp³-hybridized carbons (Fsp3) is 0.267. The monoisotopic (exact) mass is 236 g/mol. The summed E-state index contributed by atoms with van der Waals surface area (Å²) < 4.78 is 0. The van der Waals surface area contributed by atoms with E-state index in [9.17, 15) is 4.79 Å². The van der Waals surface area contributed by atoms with Gasteiger partial charge >= 0.3 is 0 Å². The van der Waals surface area contributed by atoms with E-state index < -0.39 is 0 Å². The third-order valence-corrected chi connectivity index (χ3v) is 3.22. The van der Waals surface area contributed by atoms with E-state index in [0.29, 0.717) is 17.6 Å². The number of carbonyl (C=O) groups is 1. The molecule has 0 N–H and O–H groups in total. The summed E-state index contributed by atoms with van der Waals surface area (Å²) in [5, 5.41) is 18.1. The smallest absolute Gasteiger partial charge is 0.171 e. The third-order valence-electron chi connectivity index (χ3n) is 3.22. The number of fused-ring (bicyclic) bond motifs is 1. The minimum Gasteiger partial charge on any atom is -0.293 e. The highest BCUT2D eigenvalue weighted by Crippen LogP contribution is 2.41. The number of hydrogen-bond acceptors (Lipinski definition) is 3. The Morgan fingerprint density at radius 1 is 1.22 bits per heavy atom. The topological polar surface area (TPSA) is 64.7 Å². The lowest BCUT2D eigenvalue weighted by Gasteiger charge is -2.09. The van der Waals surface area contributed by atoms with Gasteiger partial charge < -0.3 is 0 Å². The molecule has 0 saturated carbocycles. The lowest BCUT2D eigenvalue weighted by molar-refractivity contribution is 0.0953. The minimum absolute atomic E-state index is 0.0328. The van der Waals surface area contributed by atoms with Gasteiger partial charge in [-0.15, -0.1) is 0 Å². The lowest BCUT2D eigenvalue weighted by Crippen LogP contribution is -2.08. The van der Waals surface area contributed by atoms with E-state index in [1.54, 1.807) is 12.1 Å². The van der Waals surface area contributed by atoms with E-state index in [1.807, 2.05) is 31.2 Å². The molecule has 1 atom stereocenters. The van der Waals surface area contributed by atoms with Crippen molar-refractivity contribution in [3.05, 3.63) is 41.0 Å². The zero-order valence-corrected chi connectivity index (χ0v) is 10.1. The third kappa shape index (κ3) is 1.71. The summed E-state index contributed by atoms with van der Waals surface area (Å²) in [6.45, 7) is 1.99. The van der Waals surface area contributed by atoms with Gasteiger partial charge in [-0.05, 0) is 17.6 Å². The van der Waals surface area contributed by atoms with Crippen molar-refractivity contribution < 1.29 is 4.79 Å². The van der Waals surface area contributed by atoms with Crippen molar-refractivity contribution in [1.82, 2.24) is 0 Å². The summed E-state index contributed by atoms with van der Waals surface area (Å²) in [7, 11) is 0. The molecule has 88 valence electrons. The fourth-order valence-corrected chi connectivity index (χ4v) is 2.46. The van der Waals surface area contributed by atoms with Gasteiger partial charge in [-0.3, -0.25) is 4.79 Å². The predicted molar refractivity (Wildman–Crippen MR) is 67.3 cm³/mol. The zero-order chi connectivity index (χ0) is 13.1. The van der Waals surface area contributed by atoms with Crippen LogP contribution < -0.4 is 0 Å². The summed E-state index contributed by atoms with van der Waals surface area (Å²) in [5.74, 6) is -0.299. The molecule has 0 bridgehead atoms. The van der Waals surface area contributed by atoms with Crippen LogP contribution in [0.15, 0.2) is 29.8 Å². The fourth-order valence-electron chi connectivity index (χ4n) is 2.46. The molecule has 0 radical (unpaired) electrons. The number of ketones is 1. The molecule has 0 saturated heterocycles. The molecule has 0 amide bonds. The van der Waals surface area contributed by atoms with Crippen LogP contribution in [0.5, 0.6) is 0 Å². The maximum atomic E-state index is 12.3. The average Bonchev–Trinajstić information content (AvgIpc) is 2.67. The number of nitrogens with zero attached hydrogens (tertiary/aromatic N) is 2. The van der Waals surface area contributed by atoms with Crippen molar-refractivity contribution in [2.75, 3.05) is 0 Å². The Balaban J connectivity index is 2.69. The molecule has 1 aliphatic rings. The minimum atomic E-state index is -0.332. The van der Waals surface area contributed by atoms with E-state index in [1.165, 1.54) is 0 Å². The van der Waals surface area contributed by atoms with E-state index >= 15 is 0 Å². The molecule has 0 fully saturated rings. The van der Waals surface area contributed by atoms with E-state index in [-0.39, 0.29) is 17.3 Å². The summed E-state index contributed by atoms with van der Waals surface area (Å²) in [4.78, 5) is 12.3. The van der Waals surface area contributed by atoms with Crippen LogP contribution in [0.3, 0.4) is 0 Å². The van der Waals surface area contributed by atoms with E-state index in [0.717, 1.165) is 12.0 Å². The molecule has 0 aromatic heterocycles. The summed E-state index contributed by atoms with van der Waals surface area (Å²) >= 11 is 0. The van der Waals surface area contributed by atoms with E-state index in [4.69, 9.17) is 10.5 Å². The highest BCUT2D eigenvalue weighted by molar-refractivity contribution is 6.15. The van der Waals surface area contributed by atoms with Crippen molar-refractivity contribution in [2.24, 2.45) is 5.92 Å². The van der Waals surface area contributed by atoms with Crippen LogP contribution in [0.4, 0.5) is 0 Å². The second-order valence-electron chi connectivity index (χ2n) is 4.26. The average molecular weight is 236 g/mol. The van der Waals surface area contributed by atoms with E-state index in [2.05, 4.69) is 0 Å². The molecule has 0 aliphatic heterocycles. The Hall–Kier alpha value is -2.39. The van der Waals surface area contributed by atoms with Crippen molar-refractivity contribution in [3.63, 3.8) is 0 Å². The first-order chi connectivity index (χ1) is 8.74. The van der Waals surface area contributed by atoms with Gasteiger partial charge in [-0.1, -0.05) is 37.6 Å². The summed E-state index contributed by atoms with van der Waals surface area (Å²) in [6, 6.07) is 11.0. The second-order valence-corrected chi connectivity index (χ2v) is 4.26. The van der Waals surface area contributed by atoms with Gasteiger partial charge in [0.15, 0.2) is 5.78 Å². The van der Waals surface area contributed by atoms with Gasteiger partial charge in [0.05, 0.1) is 5.92 Å². The summed E-state index contributed by atoms with van der Waals surface area (Å²) in [5.41, 5.74) is 2.06. The molecule has 1 aromatic rings. The molecule has 18 heavy (non-hydrogen) atoms. The standard InChI is InChI=1S/C15H12N2O/c1-2-5-13-14(10(8-16)9-17)11-6-3-4-7-12(11)15(13)18/h3-4,6-7,13H,2,5H2,1H3. The van der Waals surface area contributed by atoms with Crippen molar-refractivity contribution >= 4 is 11.4 Å². The highest BCUT2D eigenvalue weighted by Gasteiger charge is 2.36. The first kappa shape index (κ1) is 12.1. The van der Waals surface area contributed by atoms with Gasteiger partial charge in [0, 0.05) is 5.56 Å². The number of benzene rings is 1. The lowest BCUT2D eigenvalue weighted by atomic mass is 9.91. The van der Waals surface area contributed by atoms with Crippen LogP contribution in [0.2, 0.25) is 0 Å². The van der Waals surface area contributed by atoms with Gasteiger partial charge in [-0.2, -0.15) is 10.5 Å². The Morgan fingerprint density at radius 2 is 1.83 bits per heavy atom. The number of allylic oxidation sites excluding steroid dienone is 2. The first-order valence-corrected chi connectivity index (χ1v) is 5.92. The number of nitriles is 2. The van der Waals surface area contributed by atoms with Gasteiger partial charge in [-0.25, -0.2) is 0 Å². The molecule has 1 unspecified atom stereocenters. The van der Waals surface area contributed by atoms with Crippen LogP contribution in [-0.4, -0.2) is 5.78 Å². The molecular formula is C15H12N2O. The van der Waals surface area contributed by atoms with Crippen LogP contribution >= 0.6 is 0 Å². The Bertz CT molecular complexity index is 598. The van der Waals surface area contributed by atoms with Gasteiger partial charge in [0.25, 0.3) is 0 Å². The Morgan fingerprint density at radius 3 is 2.39 bits per heavy atom. The van der Waals surface area contributed by atoms with Crippen molar-refractivity contribution in [1.29, 1.82) is 10.5 Å². The van der Waals surface area contributed by atoms with Crippen molar-refractivity contribution in [3.8, 4) is 12.1 Å². The van der Waals surface area contributed by atoms with Crippen LogP contribution in [0.25, 0.3) is 5.57 Å². The maximum Gasteiger partial charge on any atom is 0.171 e. The van der Waals surface area contributed by atoms with Gasteiger partial charge in [0.1, 0.15) is 17.7 Å². The van der Waals surface area contributed by atoms with Crippen LogP contribution in [0.1, 0.15) is 35.7 Å². The Labute approximate surface area is 106 Å². The number of rotatable bonds is 2. The first-order valence-electron chi connectivity index (χ1n) is 5.92. The summed E-state index contributed by atoms with van der Waals surface area (Å²) in [6.07, 6.45) is 1.52. The normalized spacial score (nSPS) is 16.9. The number of Topliss-reactive ketones (excluding diaryl/α,β-unsaturated/α-hetero) is 1. The molecule has 0 spiro atoms. The van der Waals surface area contributed by atoms with Crippen LogP contribution in [0, 0.1) is 28.6 Å². The van der Waals surface area contributed by atoms with Gasteiger partial charge in [0.2, 0.25) is 0 Å². The molecule has 1 aliphatic carbocycles. The Kier molecular flexibility index (Phi) is 3.26. The number of hydrogen-bond donors (Lipinski definition) is 0. The molecule has 3 nitrogen and oxygen atoms in total. The number of carbonyl (C=O) groups excluding carboxylic acids is 1. The maximum absolute atomic E-state index is 12.3. The predicted octanol–water partition coefficient (Wildman–Crippen LogP) is 3.10. The largest absolute Gasteiger partial charge is 0.293 e. The van der Waals surface area contributed by atoms with Crippen LogP contribution in [-0.2, 0) is 0 Å². The SMILES string of the molecule is CCCC1C(=O)c2ccccc2C1=C(C#N)C#N.